The van der Waals surface area contributed by atoms with Crippen LogP contribution in [-0.4, -0.2) is 28.7 Å². The Bertz CT molecular complexity index is 760. The van der Waals surface area contributed by atoms with Crippen LogP contribution >= 0.6 is 15.9 Å². The number of fused-ring (bicyclic) bond motifs is 1. The van der Waals surface area contributed by atoms with Gasteiger partial charge in [-0.2, -0.15) is 0 Å². The van der Waals surface area contributed by atoms with E-state index >= 15 is 0 Å². The van der Waals surface area contributed by atoms with Crippen molar-refractivity contribution < 1.29 is 9.52 Å². The number of rotatable bonds is 3. The molecule has 4 nitrogen and oxygen atoms in total. The molecule has 1 aromatic carbocycles. The smallest absolute Gasteiger partial charge is 0.336 e. The first kappa shape index (κ1) is 13.5. The van der Waals surface area contributed by atoms with E-state index in [9.17, 15) is 9.90 Å². The lowest BCUT2D eigenvalue weighted by Gasteiger charge is -2.47. The number of benzene rings is 1. The van der Waals surface area contributed by atoms with Crippen LogP contribution in [0.25, 0.3) is 11.0 Å². The van der Waals surface area contributed by atoms with E-state index in [2.05, 4.69) is 20.8 Å². The molecule has 1 saturated heterocycles. The van der Waals surface area contributed by atoms with Crippen LogP contribution in [-0.2, 0) is 6.54 Å². The fourth-order valence-corrected chi connectivity index (χ4v) is 3.63. The summed E-state index contributed by atoms with van der Waals surface area (Å²) < 4.78 is 6.14. The van der Waals surface area contributed by atoms with Crippen LogP contribution in [0.5, 0.6) is 0 Å². The minimum absolute atomic E-state index is 0.325. The normalized spacial score (nSPS) is 21.4. The van der Waals surface area contributed by atoms with E-state index in [0.29, 0.717) is 31.1 Å². The molecule has 2 heterocycles. The summed E-state index contributed by atoms with van der Waals surface area (Å²) >= 11 is 3.39. The van der Waals surface area contributed by atoms with Gasteiger partial charge in [0.1, 0.15) is 5.58 Å². The predicted molar refractivity (Wildman–Crippen MR) is 83.1 cm³/mol. The highest BCUT2D eigenvalue weighted by molar-refractivity contribution is 9.10. The van der Waals surface area contributed by atoms with Gasteiger partial charge in [-0.25, -0.2) is 4.79 Å². The molecular weight excluding hydrogens is 334 g/mol. The predicted octanol–water partition coefficient (Wildman–Crippen LogP) is 2.51. The van der Waals surface area contributed by atoms with E-state index < -0.39 is 5.60 Å². The SMILES string of the molecule is O=c1cc(CN2CC(O)(C3CC3)C2)c2ccc(Br)cc2o1. The van der Waals surface area contributed by atoms with E-state index in [1.54, 1.807) is 6.07 Å². The van der Waals surface area contributed by atoms with E-state index in [-0.39, 0.29) is 5.63 Å². The van der Waals surface area contributed by atoms with Gasteiger partial charge in [0, 0.05) is 35.6 Å². The largest absolute Gasteiger partial charge is 0.423 e. The maximum Gasteiger partial charge on any atom is 0.336 e. The van der Waals surface area contributed by atoms with Gasteiger partial charge in [0.25, 0.3) is 0 Å². The van der Waals surface area contributed by atoms with Crippen LogP contribution in [0.4, 0.5) is 0 Å². The zero-order valence-electron chi connectivity index (χ0n) is 11.5. The summed E-state index contributed by atoms with van der Waals surface area (Å²) in [5, 5.41) is 11.3. The Morgan fingerprint density at radius 3 is 2.81 bits per heavy atom. The molecule has 0 unspecified atom stereocenters. The average Bonchev–Trinajstić information content (AvgIpc) is 3.20. The number of hydrogen-bond acceptors (Lipinski definition) is 4. The molecule has 1 N–H and O–H groups in total. The molecule has 0 amide bonds. The Kier molecular flexibility index (Phi) is 3.00. The van der Waals surface area contributed by atoms with Crippen molar-refractivity contribution >= 4 is 26.9 Å². The second-order valence-corrected chi connectivity index (χ2v) is 7.17. The Balaban J connectivity index is 1.60. The molecular formula is C16H16BrNO3. The van der Waals surface area contributed by atoms with Crippen LogP contribution in [0.2, 0.25) is 0 Å². The van der Waals surface area contributed by atoms with Crippen molar-refractivity contribution in [2.45, 2.75) is 25.0 Å². The summed E-state index contributed by atoms with van der Waals surface area (Å²) in [6, 6.07) is 7.29. The third kappa shape index (κ3) is 2.43. The third-order valence-corrected chi connectivity index (χ3v) is 5.01. The first-order valence-corrected chi connectivity index (χ1v) is 8.00. The van der Waals surface area contributed by atoms with Crippen LogP contribution in [0.3, 0.4) is 0 Å². The molecule has 0 atom stereocenters. The topological polar surface area (TPSA) is 53.7 Å². The second-order valence-electron chi connectivity index (χ2n) is 6.25. The van der Waals surface area contributed by atoms with Gasteiger partial charge in [-0.05, 0) is 42.5 Å². The van der Waals surface area contributed by atoms with Crippen molar-refractivity contribution in [3.05, 3.63) is 44.7 Å². The molecule has 0 radical (unpaired) electrons. The van der Waals surface area contributed by atoms with Crippen LogP contribution in [0, 0.1) is 5.92 Å². The summed E-state index contributed by atoms with van der Waals surface area (Å²) in [6.07, 6.45) is 2.30. The fourth-order valence-electron chi connectivity index (χ4n) is 3.29. The molecule has 21 heavy (non-hydrogen) atoms. The molecule has 2 aliphatic rings. The highest BCUT2D eigenvalue weighted by Crippen LogP contribution is 2.44. The van der Waals surface area contributed by atoms with Crippen molar-refractivity contribution in [2.24, 2.45) is 5.92 Å². The number of likely N-dealkylation sites (tertiary alicyclic amines) is 1. The van der Waals surface area contributed by atoms with E-state index in [4.69, 9.17) is 4.42 Å². The molecule has 1 saturated carbocycles. The van der Waals surface area contributed by atoms with Crippen molar-refractivity contribution in [2.75, 3.05) is 13.1 Å². The maximum atomic E-state index is 11.7. The lowest BCUT2D eigenvalue weighted by molar-refractivity contribution is -0.116. The molecule has 4 rings (SSSR count). The number of halogens is 1. The molecule has 1 aliphatic heterocycles. The van der Waals surface area contributed by atoms with Gasteiger partial charge in [-0.15, -0.1) is 0 Å². The Morgan fingerprint density at radius 1 is 1.33 bits per heavy atom. The highest BCUT2D eigenvalue weighted by Gasteiger charge is 2.51. The summed E-state index contributed by atoms with van der Waals surface area (Å²) in [7, 11) is 0. The van der Waals surface area contributed by atoms with Gasteiger partial charge in [-0.1, -0.05) is 15.9 Å². The minimum Gasteiger partial charge on any atom is -0.423 e. The first-order chi connectivity index (χ1) is 10.0. The fraction of sp³-hybridized carbons (Fsp3) is 0.438. The minimum atomic E-state index is -0.488. The van der Waals surface area contributed by atoms with Crippen molar-refractivity contribution in [1.82, 2.24) is 4.90 Å². The number of aliphatic hydroxyl groups is 1. The van der Waals surface area contributed by atoms with E-state index in [0.717, 1.165) is 28.3 Å². The van der Waals surface area contributed by atoms with Gasteiger partial charge in [-0.3, -0.25) is 4.90 Å². The molecule has 0 bridgehead atoms. The lowest BCUT2D eigenvalue weighted by atomic mass is 9.88. The monoisotopic (exact) mass is 349 g/mol. The van der Waals surface area contributed by atoms with E-state index in [1.807, 2.05) is 18.2 Å². The van der Waals surface area contributed by atoms with Crippen molar-refractivity contribution in [3.63, 3.8) is 0 Å². The van der Waals surface area contributed by atoms with Gasteiger partial charge in [0.05, 0.1) is 5.60 Å². The Hall–Kier alpha value is -1.17. The molecule has 110 valence electrons. The van der Waals surface area contributed by atoms with Crippen molar-refractivity contribution in [3.8, 4) is 0 Å². The van der Waals surface area contributed by atoms with Crippen LogP contribution in [0.15, 0.2) is 37.9 Å². The number of β-amino-alcohol motifs (C(OH)–C–C–N with tert-alkyl or cyclic N) is 1. The van der Waals surface area contributed by atoms with Gasteiger partial charge < -0.3 is 9.52 Å². The number of nitrogens with zero attached hydrogens (tertiary/aromatic N) is 1. The summed E-state index contributed by atoms with van der Waals surface area (Å²) in [4.78, 5) is 13.9. The lowest BCUT2D eigenvalue weighted by Crippen LogP contribution is -2.62. The van der Waals surface area contributed by atoms with Crippen LogP contribution < -0.4 is 5.63 Å². The molecule has 2 fully saturated rings. The quantitative estimate of drug-likeness (QED) is 0.865. The maximum absolute atomic E-state index is 11.7. The second kappa shape index (κ2) is 4.66. The summed E-state index contributed by atoms with van der Waals surface area (Å²) in [5.41, 5.74) is 0.753. The third-order valence-electron chi connectivity index (χ3n) is 4.52. The zero-order valence-corrected chi connectivity index (χ0v) is 13.1. The molecule has 2 aromatic rings. The van der Waals surface area contributed by atoms with Gasteiger partial charge in [0.15, 0.2) is 0 Å². The molecule has 1 aromatic heterocycles. The Labute approximate surface area is 130 Å². The first-order valence-electron chi connectivity index (χ1n) is 7.20. The molecule has 0 spiro atoms. The molecule has 1 aliphatic carbocycles. The van der Waals surface area contributed by atoms with E-state index in [1.165, 1.54) is 0 Å². The van der Waals surface area contributed by atoms with Gasteiger partial charge in [0.2, 0.25) is 0 Å². The average molecular weight is 350 g/mol. The summed E-state index contributed by atoms with van der Waals surface area (Å²) in [5.74, 6) is 0.488. The zero-order chi connectivity index (χ0) is 14.6. The highest BCUT2D eigenvalue weighted by atomic mass is 79.9. The number of hydrogen-bond donors (Lipinski definition) is 1. The summed E-state index contributed by atoms with van der Waals surface area (Å²) in [6.45, 7) is 2.09. The molecule has 5 heteroatoms. The van der Waals surface area contributed by atoms with Crippen molar-refractivity contribution in [1.29, 1.82) is 0 Å². The van der Waals surface area contributed by atoms with Gasteiger partial charge >= 0.3 is 5.63 Å². The Morgan fingerprint density at radius 2 is 2.10 bits per heavy atom. The van der Waals surface area contributed by atoms with Crippen LogP contribution in [0.1, 0.15) is 18.4 Å². The standard InChI is InChI=1S/C16H16BrNO3/c17-12-3-4-13-10(5-15(19)21-14(13)6-12)7-18-8-16(20,9-18)11-1-2-11/h3-6,11,20H,1-2,7-9H2.